The van der Waals surface area contributed by atoms with Crippen LogP contribution in [0.3, 0.4) is 0 Å². The summed E-state index contributed by atoms with van der Waals surface area (Å²) in [6.07, 6.45) is 4.93. The van der Waals surface area contributed by atoms with Crippen molar-refractivity contribution in [1.82, 2.24) is 20.4 Å². The molecule has 0 amide bonds. The number of halogens is 1. The third-order valence-corrected chi connectivity index (χ3v) is 5.57. The summed E-state index contributed by atoms with van der Waals surface area (Å²) < 4.78 is 12.7. The molecule has 2 aromatic carbocycles. The number of para-hydroxylation sites is 1. The molecule has 1 unspecified atom stereocenters. The standard InChI is InChI=1S/C24H30N6O2.HI/c1-25-24(26-14-18-15-27-30(16-18)20-7-5-4-6-8-20)28-19-9-10-29(17-19)21-11-22(31-2)13-23(12-21)32-3;/h4-8,11-13,15-16,19H,9-10,14,17H2,1-3H3,(H2,25,26,28);1H. The number of anilines is 1. The zero-order chi connectivity index (χ0) is 22.3. The Morgan fingerprint density at radius 3 is 2.48 bits per heavy atom. The van der Waals surface area contributed by atoms with Gasteiger partial charge in [0, 0.05) is 68.4 Å². The maximum absolute atomic E-state index is 5.41. The Kier molecular flexibility index (Phi) is 8.81. The lowest BCUT2D eigenvalue weighted by Crippen LogP contribution is -2.44. The Bertz CT molecular complexity index is 1030. The highest BCUT2D eigenvalue weighted by molar-refractivity contribution is 14.0. The molecule has 2 heterocycles. The van der Waals surface area contributed by atoms with Crippen molar-refractivity contribution in [3.63, 3.8) is 0 Å². The summed E-state index contributed by atoms with van der Waals surface area (Å²) in [5.41, 5.74) is 3.23. The van der Waals surface area contributed by atoms with E-state index in [4.69, 9.17) is 9.47 Å². The lowest BCUT2D eigenvalue weighted by molar-refractivity contribution is 0.394. The molecule has 9 heteroatoms. The van der Waals surface area contributed by atoms with Gasteiger partial charge in [0.25, 0.3) is 0 Å². The van der Waals surface area contributed by atoms with Gasteiger partial charge in [-0.15, -0.1) is 24.0 Å². The van der Waals surface area contributed by atoms with Crippen molar-refractivity contribution in [1.29, 1.82) is 0 Å². The average Bonchev–Trinajstić information content (AvgIpc) is 3.52. The molecule has 0 aliphatic carbocycles. The van der Waals surface area contributed by atoms with Crippen molar-refractivity contribution in [2.75, 3.05) is 39.3 Å². The minimum absolute atomic E-state index is 0. The van der Waals surface area contributed by atoms with Gasteiger partial charge >= 0.3 is 0 Å². The van der Waals surface area contributed by atoms with Gasteiger partial charge in [-0.1, -0.05) is 18.2 Å². The summed E-state index contributed by atoms with van der Waals surface area (Å²) in [6, 6.07) is 16.4. The number of rotatable bonds is 7. The van der Waals surface area contributed by atoms with Crippen LogP contribution >= 0.6 is 24.0 Å². The summed E-state index contributed by atoms with van der Waals surface area (Å²) >= 11 is 0. The molecule has 176 valence electrons. The van der Waals surface area contributed by atoms with Gasteiger partial charge in [0.05, 0.1) is 26.1 Å². The highest BCUT2D eigenvalue weighted by atomic mass is 127. The topological polar surface area (TPSA) is 75.9 Å². The molecule has 0 bridgehead atoms. The van der Waals surface area contributed by atoms with E-state index < -0.39 is 0 Å². The molecule has 1 aromatic heterocycles. The van der Waals surface area contributed by atoms with Gasteiger partial charge in [-0.2, -0.15) is 5.10 Å². The van der Waals surface area contributed by atoms with Crippen molar-refractivity contribution in [2.24, 2.45) is 4.99 Å². The summed E-state index contributed by atoms with van der Waals surface area (Å²) in [4.78, 5) is 6.73. The van der Waals surface area contributed by atoms with Crippen molar-refractivity contribution >= 4 is 35.6 Å². The lowest BCUT2D eigenvalue weighted by Gasteiger charge is -2.21. The van der Waals surface area contributed by atoms with Gasteiger partial charge in [-0.3, -0.25) is 4.99 Å². The predicted molar refractivity (Wildman–Crippen MR) is 142 cm³/mol. The fraction of sp³-hybridized carbons (Fsp3) is 0.333. The first-order valence-electron chi connectivity index (χ1n) is 10.7. The molecule has 0 radical (unpaired) electrons. The van der Waals surface area contributed by atoms with Gasteiger partial charge in [0.15, 0.2) is 5.96 Å². The molecule has 0 spiro atoms. The van der Waals surface area contributed by atoms with E-state index in [1.54, 1.807) is 21.3 Å². The van der Waals surface area contributed by atoms with Gasteiger partial charge in [0.2, 0.25) is 0 Å². The van der Waals surface area contributed by atoms with Crippen LogP contribution in [0.15, 0.2) is 65.9 Å². The fourth-order valence-electron chi connectivity index (χ4n) is 3.83. The predicted octanol–water partition coefficient (Wildman–Crippen LogP) is 3.45. The third-order valence-electron chi connectivity index (χ3n) is 5.57. The number of nitrogens with one attached hydrogen (secondary N) is 2. The minimum atomic E-state index is 0. The maximum atomic E-state index is 5.41. The number of methoxy groups -OCH3 is 2. The molecule has 3 aromatic rings. The number of aliphatic imine (C=N–C) groups is 1. The molecular weight excluding hydrogens is 531 g/mol. The minimum Gasteiger partial charge on any atom is -0.497 e. The van der Waals surface area contributed by atoms with Crippen LogP contribution in [0, 0.1) is 0 Å². The quantitative estimate of drug-likeness (QED) is 0.261. The van der Waals surface area contributed by atoms with E-state index in [1.807, 2.05) is 65.6 Å². The zero-order valence-corrected chi connectivity index (χ0v) is 21.5. The van der Waals surface area contributed by atoms with Crippen LogP contribution < -0.4 is 25.0 Å². The number of hydrogen-bond donors (Lipinski definition) is 2. The second kappa shape index (κ2) is 11.8. The Morgan fingerprint density at radius 1 is 1.09 bits per heavy atom. The second-order valence-corrected chi connectivity index (χ2v) is 7.70. The monoisotopic (exact) mass is 562 g/mol. The van der Waals surface area contributed by atoms with E-state index in [0.717, 1.165) is 53.9 Å². The highest BCUT2D eigenvalue weighted by Crippen LogP contribution is 2.30. The van der Waals surface area contributed by atoms with Crippen LogP contribution in [-0.4, -0.2) is 56.1 Å². The molecule has 8 nitrogen and oxygen atoms in total. The zero-order valence-electron chi connectivity index (χ0n) is 19.2. The van der Waals surface area contributed by atoms with Crippen molar-refractivity contribution < 1.29 is 9.47 Å². The number of aromatic nitrogens is 2. The summed E-state index contributed by atoms with van der Waals surface area (Å²) in [5.74, 6) is 2.38. The first-order valence-corrected chi connectivity index (χ1v) is 10.7. The summed E-state index contributed by atoms with van der Waals surface area (Å²) in [6.45, 7) is 2.48. The molecule has 4 rings (SSSR count). The number of guanidine groups is 1. The van der Waals surface area contributed by atoms with Crippen molar-refractivity contribution in [3.05, 3.63) is 66.5 Å². The van der Waals surface area contributed by atoms with E-state index in [-0.39, 0.29) is 24.0 Å². The molecule has 1 fully saturated rings. The number of nitrogens with zero attached hydrogens (tertiary/aromatic N) is 4. The van der Waals surface area contributed by atoms with E-state index >= 15 is 0 Å². The second-order valence-electron chi connectivity index (χ2n) is 7.70. The first kappa shape index (κ1) is 24.7. The van der Waals surface area contributed by atoms with Gasteiger partial charge in [-0.25, -0.2) is 4.68 Å². The maximum Gasteiger partial charge on any atom is 0.191 e. The Labute approximate surface area is 212 Å². The summed E-state index contributed by atoms with van der Waals surface area (Å²) in [5, 5.41) is 11.4. The largest absolute Gasteiger partial charge is 0.497 e. The number of ether oxygens (including phenoxy) is 2. The number of hydrogen-bond acceptors (Lipinski definition) is 5. The van der Waals surface area contributed by atoms with Crippen molar-refractivity contribution in [3.8, 4) is 17.2 Å². The Hall–Kier alpha value is -2.95. The van der Waals surface area contributed by atoms with Crippen LogP contribution in [0.1, 0.15) is 12.0 Å². The molecule has 33 heavy (non-hydrogen) atoms. The molecular formula is C24H31IN6O2. The molecule has 2 N–H and O–H groups in total. The molecule has 1 aliphatic heterocycles. The molecule has 0 saturated carbocycles. The molecule has 1 saturated heterocycles. The fourth-order valence-corrected chi connectivity index (χ4v) is 3.83. The van der Waals surface area contributed by atoms with Crippen LogP contribution in [0.4, 0.5) is 5.69 Å². The van der Waals surface area contributed by atoms with Crippen molar-refractivity contribution in [2.45, 2.75) is 19.0 Å². The SMILES string of the molecule is CN=C(NCc1cnn(-c2ccccc2)c1)NC1CCN(c2cc(OC)cc(OC)c2)C1.I. The van der Waals surface area contributed by atoms with Gasteiger partial charge < -0.3 is 25.0 Å². The van der Waals surface area contributed by atoms with E-state index in [9.17, 15) is 0 Å². The molecule has 1 atom stereocenters. The van der Waals surface area contributed by atoms with E-state index in [2.05, 4.69) is 25.6 Å². The average molecular weight is 562 g/mol. The smallest absolute Gasteiger partial charge is 0.191 e. The number of benzene rings is 2. The lowest BCUT2D eigenvalue weighted by atomic mass is 10.2. The first-order chi connectivity index (χ1) is 15.7. The summed E-state index contributed by atoms with van der Waals surface area (Å²) in [7, 11) is 5.14. The van der Waals surface area contributed by atoms with Crippen LogP contribution in [0.25, 0.3) is 5.69 Å². The van der Waals surface area contributed by atoms with E-state index in [1.165, 1.54) is 0 Å². The normalized spacial score (nSPS) is 15.7. The van der Waals surface area contributed by atoms with Gasteiger partial charge in [-0.05, 0) is 18.6 Å². The van der Waals surface area contributed by atoms with E-state index in [0.29, 0.717) is 12.6 Å². The van der Waals surface area contributed by atoms with Crippen LogP contribution in [0.5, 0.6) is 11.5 Å². The Balaban J connectivity index is 0.00000306. The Morgan fingerprint density at radius 2 is 1.82 bits per heavy atom. The third kappa shape index (κ3) is 6.31. The van der Waals surface area contributed by atoms with Gasteiger partial charge in [0.1, 0.15) is 11.5 Å². The highest BCUT2D eigenvalue weighted by Gasteiger charge is 2.24. The van der Waals surface area contributed by atoms with Crippen LogP contribution in [-0.2, 0) is 6.54 Å². The molecule has 1 aliphatic rings. The van der Waals surface area contributed by atoms with Crippen LogP contribution in [0.2, 0.25) is 0 Å².